The quantitative estimate of drug-likeness (QED) is 0.151. The van der Waals surface area contributed by atoms with E-state index in [1.54, 1.807) is 20.8 Å². The molecule has 258 valence electrons. The van der Waals surface area contributed by atoms with E-state index in [-0.39, 0.29) is 20.9 Å². The lowest BCUT2D eigenvalue weighted by molar-refractivity contribution is -0.192. The highest BCUT2D eigenvalue weighted by Gasteiger charge is 2.38. The number of para-hydroxylation sites is 1. The van der Waals surface area contributed by atoms with E-state index in [9.17, 15) is 26.4 Å². The molecule has 18 heteroatoms. The Morgan fingerprint density at radius 1 is 0.957 bits per heavy atom. The highest BCUT2D eigenvalue weighted by atomic mass is 35.5. The molecule has 1 aromatic heterocycles. The summed E-state index contributed by atoms with van der Waals surface area (Å²) >= 11 is 11.9. The minimum atomic E-state index is -5.08. The Labute approximate surface area is 279 Å². The number of nitrogens with one attached hydrogen (secondary N) is 4. The first-order valence-electron chi connectivity index (χ1n) is 14.3. The summed E-state index contributed by atoms with van der Waals surface area (Å²) in [6.45, 7) is 6.41. The molecule has 1 amide bonds. The van der Waals surface area contributed by atoms with Crippen LogP contribution in [0.15, 0.2) is 47.4 Å². The average molecular weight is 724 g/mol. The Morgan fingerprint density at radius 2 is 1.51 bits per heavy atom. The molecule has 0 atom stereocenters. The molecule has 0 aliphatic heterocycles. The van der Waals surface area contributed by atoms with Gasteiger partial charge in [0.05, 0.1) is 10.4 Å². The third-order valence-electron chi connectivity index (χ3n) is 6.75. The smallest absolute Gasteiger partial charge is 0.475 e. The Kier molecular flexibility index (Phi) is 12.9. The summed E-state index contributed by atoms with van der Waals surface area (Å²) in [5, 5.41) is 11.8. The van der Waals surface area contributed by atoms with E-state index in [0.717, 1.165) is 36.6 Å². The number of benzene rings is 2. The molecule has 0 saturated heterocycles. The van der Waals surface area contributed by atoms with E-state index in [1.165, 1.54) is 18.2 Å². The molecule has 0 spiro atoms. The van der Waals surface area contributed by atoms with Crippen molar-refractivity contribution in [3.63, 3.8) is 0 Å². The normalized spacial score (nSPS) is 16.9. The van der Waals surface area contributed by atoms with Crippen LogP contribution in [0.1, 0.15) is 46.5 Å². The lowest BCUT2D eigenvalue weighted by atomic mass is 9.82. The summed E-state index contributed by atoms with van der Waals surface area (Å²) in [5.41, 5.74) is 5.49. The number of aromatic nitrogens is 2. The zero-order valence-electron chi connectivity index (χ0n) is 25.6. The second-order valence-electron chi connectivity index (χ2n) is 11.7. The van der Waals surface area contributed by atoms with Crippen molar-refractivity contribution >= 4 is 68.0 Å². The van der Waals surface area contributed by atoms with Crippen LogP contribution in [0.4, 0.5) is 29.7 Å². The second kappa shape index (κ2) is 16.0. The third-order valence-corrected chi connectivity index (χ3v) is 8.59. The zero-order chi connectivity index (χ0) is 35.0. The number of rotatable bonds is 9. The number of carbonyl (C=O) groups excluding carboxylic acids is 1. The number of hydrazine groups is 1. The molecule has 1 saturated carbocycles. The lowest BCUT2D eigenvalue weighted by Crippen LogP contribution is -2.36. The Hall–Kier alpha value is -3.60. The highest BCUT2D eigenvalue weighted by Crippen LogP contribution is 2.30. The van der Waals surface area contributed by atoms with E-state index >= 15 is 0 Å². The number of hydrogen-bond donors (Lipinski definition) is 5. The molecule has 4 rings (SSSR count). The molecule has 1 fully saturated rings. The van der Waals surface area contributed by atoms with Crippen LogP contribution in [0.5, 0.6) is 0 Å². The van der Waals surface area contributed by atoms with E-state index in [0.29, 0.717) is 30.8 Å². The summed E-state index contributed by atoms with van der Waals surface area (Å²) in [4.78, 5) is 30.3. The fourth-order valence-corrected chi connectivity index (χ4v) is 6.38. The average Bonchev–Trinajstić information content (AvgIpc) is 2.97. The number of nitrogens with zero attached hydrogens (tertiary/aromatic N) is 2. The number of fused-ring (bicyclic) bond motifs is 1. The Bertz CT molecular complexity index is 1650. The lowest BCUT2D eigenvalue weighted by Gasteiger charge is -2.28. The molecule has 12 nitrogen and oxygen atoms in total. The SMILES string of the molecule is CC(C)(C)OC(=O)NNc1nc(NCC2CCC(CNS(=O)(=O)c3cc(Cl)cc(Cl)c3)CC2)nc2ccccc12.O=C(O)C(F)(F)F. The van der Waals surface area contributed by atoms with Gasteiger partial charge >= 0.3 is 18.2 Å². The van der Waals surface area contributed by atoms with Gasteiger partial charge in [0.15, 0.2) is 5.82 Å². The molecule has 5 N–H and O–H groups in total. The number of amides is 1. The third kappa shape index (κ3) is 12.5. The largest absolute Gasteiger partial charge is 0.490 e. The van der Waals surface area contributed by atoms with Crippen molar-refractivity contribution in [1.82, 2.24) is 20.1 Å². The first kappa shape index (κ1) is 37.9. The van der Waals surface area contributed by atoms with Gasteiger partial charge in [0.1, 0.15) is 5.60 Å². The van der Waals surface area contributed by atoms with Crippen LogP contribution in [0.25, 0.3) is 10.9 Å². The van der Waals surface area contributed by atoms with E-state index in [2.05, 4.69) is 30.9 Å². The van der Waals surface area contributed by atoms with Crippen LogP contribution in [0.3, 0.4) is 0 Å². The van der Waals surface area contributed by atoms with Gasteiger partial charge in [0.2, 0.25) is 16.0 Å². The summed E-state index contributed by atoms with van der Waals surface area (Å²) < 4.78 is 65.1. The van der Waals surface area contributed by atoms with E-state index in [1.807, 2.05) is 24.3 Å². The second-order valence-corrected chi connectivity index (χ2v) is 14.3. The maximum Gasteiger partial charge on any atom is 0.490 e. The molecular weight excluding hydrogens is 688 g/mol. The van der Waals surface area contributed by atoms with Gasteiger partial charge in [0.25, 0.3) is 0 Å². The van der Waals surface area contributed by atoms with Crippen molar-refractivity contribution in [2.75, 3.05) is 23.8 Å². The molecule has 0 radical (unpaired) electrons. The number of carboxylic acid groups (broad SMARTS) is 1. The standard InChI is InChI=1S/C27H34Cl2N6O4S.C2HF3O2/c1-27(2,3)39-26(36)35-34-24-22-6-4-5-7-23(22)32-25(33-24)30-15-17-8-10-18(11-9-17)16-31-40(37,38)21-13-19(28)12-20(29)14-21;3-2(4,5)1(6)7/h4-7,12-14,17-18,31H,8-11,15-16H2,1-3H3,(H,35,36)(H2,30,32,33,34);(H,6,7). The topological polar surface area (TPSA) is 172 Å². The first-order chi connectivity index (χ1) is 21.8. The summed E-state index contributed by atoms with van der Waals surface area (Å²) in [6.07, 6.45) is -2.00. The molecule has 0 bridgehead atoms. The summed E-state index contributed by atoms with van der Waals surface area (Å²) in [6, 6.07) is 11.8. The number of halogens is 5. The Morgan fingerprint density at radius 3 is 2.06 bits per heavy atom. The molecule has 1 heterocycles. The highest BCUT2D eigenvalue weighted by molar-refractivity contribution is 7.89. The van der Waals surface area contributed by atoms with Gasteiger partial charge < -0.3 is 15.2 Å². The maximum atomic E-state index is 12.7. The van der Waals surface area contributed by atoms with Crippen molar-refractivity contribution in [1.29, 1.82) is 0 Å². The number of carboxylic acids is 1. The molecular formula is C29H35Cl2F3N6O6S. The zero-order valence-corrected chi connectivity index (χ0v) is 27.9. The fraction of sp³-hybridized carbons (Fsp3) is 0.448. The monoisotopic (exact) mass is 722 g/mol. The van der Waals surface area contributed by atoms with Crippen molar-refractivity contribution in [2.45, 2.75) is 63.1 Å². The number of aliphatic carboxylic acids is 1. The molecule has 1 aliphatic carbocycles. The van der Waals surface area contributed by atoms with Crippen molar-refractivity contribution in [2.24, 2.45) is 11.8 Å². The number of hydrogen-bond acceptors (Lipinski definition) is 9. The predicted octanol–water partition coefficient (Wildman–Crippen LogP) is 6.62. The molecule has 2 aromatic carbocycles. The van der Waals surface area contributed by atoms with Crippen LogP contribution < -0.4 is 20.9 Å². The first-order valence-corrected chi connectivity index (χ1v) is 16.6. The molecule has 0 unspecified atom stereocenters. The van der Waals surface area contributed by atoms with Crippen LogP contribution >= 0.6 is 23.2 Å². The number of sulfonamides is 1. The van der Waals surface area contributed by atoms with Crippen LogP contribution in [0, 0.1) is 11.8 Å². The van der Waals surface area contributed by atoms with Gasteiger partial charge in [-0.2, -0.15) is 18.2 Å². The number of ether oxygens (including phenoxy) is 1. The van der Waals surface area contributed by atoms with Gasteiger partial charge in [-0.05, 0) is 88.6 Å². The summed E-state index contributed by atoms with van der Waals surface area (Å²) in [5.74, 6) is -1.22. The number of carbonyl (C=O) groups is 2. The van der Waals surface area contributed by atoms with Crippen LogP contribution in [-0.4, -0.2) is 60.4 Å². The van der Waals surface area contributed by atoms with Gasteiger partial charge in [0, 0.05) is 28.5 Å². The molecule has 3 aromatic rings. The number of anilines is 2. The van der Waals surface area contributed by atoms with Crippen molar-refractivity contribution in [3.8, 4) is 0 Å². The van der Waals surface area contributed by atoms with Gasteiger partial charge in [-0.25, -0.2) is 33.1 Å². The van der Waals surface area contributed by atoms with Crippen LogP contribution in [0.2, 0.25) is 10.0 Å². The minimum absolute atomic E-state index is 0.0634. The van der Waals surface area contributed by atoms with Gasteiger partial charge in [-0.15, -0.1) is 0 Å². The van der Waals surface area contributed by atoms with Gasteiger partial charge in [-0.1, -0.05) is 35.3 Å². The fourth-order valence-electron chi connectivity index (χ4n) is 4.53. The van der Waals surface area contributed by atoms with Crippen LogP contribution in [-0.2, 0) is 19.6 Å². The molecule has 47 heavy (non-hydrogen) atoms. The van der Waals surface area contributed by atoms with E-state index in [4.69, 9.17) is 37.8 Å². The molecule has 1 aliphatic rings. The number of alkyl halides is 3. The van der Waals surface area contributed by atoms with Crippen molar-refractivity contribution in [3.05, 3.63) is 52.5 Å². The van der Waals surface area contributed by atoms with E-state index < -0.39 is 33.9 Å². The predicted molar refractivity (Wildman–Crippen MR) is 172 cm³/mol. The Balaban J connectivity index is 0.000000771. The minimum Gasteiger partial charge on any atom is -0.475 e. The maximum absolute atomic E-state index is 12.7. The van der Waals surface area contributed by atoms with Crippen molar-refractivity contribution < 1.29 is 41.0 Å². The van der Waals surface area contributed by atoms with Gasteiger partial charge in [-0.3, -0.25) is 5.43 Å². The summed E-state index contributed by atoms with van der Waals surface area (Å²) in [7, 11) is -3.69.